The van der Waals surface area contributed by atoms with E-state index in [2.05, 4.69) is 15.0 Å². The first-order chi connectivity index (χ1) is 13.1. The Hall–Kier alpha value is -3.12. The molecule has 27 heavy (non-hydrogen) atoms. The molecule has 6 heteroatoms. The number of hydrogen-bond donors (Lipinski definition) is 2. The summed E-state index contributed by atoms with van der Waals surface area (Å²) in [6, 6.07) is 9.96. The first-order valence-corrected chi connectivity index (χ1v) is 8.87. The van der Waals surface area contributed by atoms with Gasteiger partial charge in [-0.15, -0.1) is 0 Å². The molecule has 3 aromatic heterocycles. The standard InChI is InChI=1S/C21H22N4O2/c1-13-12-22-17(14(2)20(13)27-3)11-19(26)21-23-16-7-6-15(10-18(16)24-21)25-8-4-5-9-25/h4-10,12,19,26H,11H2,1-3H3,(H,23,24). The van der Waals surface area contributed by atoms with Crippen molar-refractivity contribution in [3.63, 3.8) is 0 Å². The number of fused-ring (bicyclic) bond motifs is 1. The van der Waals surface area contributed by atoms with E-state index >= 15 is 0 Å². The Bertz CT molecular complexity index is 1080. The fourth-order valence-electron chi connectivity index (χ4n) is 3.40. The highest BCUT2D eigenvalue weighted by Crippen LogP contribution is 2.27. The van der Waals surface area contributed by atoms with Crippen LogP contribution >= 0.6 is 0 Å². The molecule has 3 heterocycles. The molecule has 138 valence electrons. The molecule has 0 spiro atoms. The molecule has 0 aliphatic rings. The smallest absolute Gasteiger partial charge is 0.136 e. The number of imidazole rings is 1. The summed E-state index contributed by atoms with van der Waals surface area (Å²) in [6.07, 6.45) is 5.35. The lowest BCUT2D eigenvalue weighted by Gasteiger charge is -2.14. The molecular formula is C21H22N4O2. The van der Waals surface area contributed by atoms with Crippen LogP contribution < -0.4 is 4.74 Å². The third-order valence-electron chi connectivity index (χ3n) is 4.84. The van der Waals surface area contributed by atoms with Crippen LogP contribution in [0.25, 0.3) is 16.7 Å². The summed E-state index contributed by atoms with van der Waals surface area (Å²) in [5.41, 5.74) is 5.49. The number of aryl methyl sites for hydroxylation is 1. The second kappa shape index (κ2) is 6.89. The zero-order chi connectivity index (χ0) is 19.0. The first kappa shape index (κ1) is 17.3. The van der Waals surface area contributed by atoms with E-state index in [1.165, 1.54) is 0 Å². The van der Waals surface area contributed by atoms with Gasteiger partial charge in [0.25, 0.3) is 0 Å². The van der Waals surface area contributed by atoms with Gasteiger partial charge in [-0.2, -0.15) is 0 Å². The highest BCUT2D eigenvalue weighted by Gasteiger charge is 2.18. The Balaban J connectivity index is 1.62. The van der Waals surface area contributed by atoms with E-state index in [0.29, 0.717) is 12.2 Å². The van der Waals surface area contributed by atoms with Crippen molar-refractivity contribution in [3.05, 3.63) is 71.6 Å². The van der Waals surface area contributed by atoms with Crippen molar-refractivity contribution in [1.29, 1.82) is 0 Å². The zero-order valence-corrected chi connectivity index (χ0v) is 15.6. The van der Waals surface area contributed by atoms with Crippen molar-refractivity contribution < 1.29 is 9.84 Å². The topological polar surface area (TPSA) is 76.0 Å². The molecule has 1 atom stereocenters. The van der Waals surface area contributed by atoms with E-state index in [4.69, 9.17) is 4.74 Å². The lowest BCUT2D eigenvalue weighted by atomic mass is 10.1. The van der Waals surface area contributed by atoms with E-state index in [9.17, 15) is 5.11 Å². The predicted octanol–water partition coefficient (Wildman–Crippen LogP) is 3.65. The van der Waals surface area contributed by atoms with Crippen LogP contribution in [0.2, 0.25) is 0 Å². The molecule has 4 aromatic rings. The van der Waals surface area contributed by atoms with Crippen molar-refractivity contribution >= 4 is 11.0 Å². The number of aliphatic hydroxyl groups excluding tert-OH is 1. The number of nitrogens with zero attached hydrogens (tertiary/aromatic N) is 3. The quantitative estimate of drug-likeness (QED) is 0.568. The third-order valence-corrected chi connectivity index (χ3v) is 4.84. The van der Waals surface area contributed by atoms with E-state index in [1.54, 1.807) is 13.3 Å². The molecule has 0 fully saturated rings. The van der Waals surface area contributed by atoms with Crippen LogP contribution in [0, 0.1) is 13.8 Å². The lowest BCUT2D eigenvalue weighted by molar-refractivity contribution is 0.168. The number of pyridine rings is 1. The van der Waals surface area contributed by atoms with Crippen LogP contribution in [-0.4, -0.2) is 31.7 Å². The Morgan fingerprint density at radius 3 is 2.74 bits per heavy atom. The number of hydrogen-bond acceptors (Lipinski definition) is 4. The van der Waals surface area contributed by atoms with Gasteiger partial charge in [-0.3, -0.25) is 4.98 Å². The minimum atomic E-state index is -0.772. The molecule has 0 aliphatic heterocycles. The second-order valence-corrected chi connectivity index (χ2v) is 6.68. The minimum absolute atomic E-state index is 0.368. The van der Waals surface area contributed by atoms with Gasteiger partial charge in [-0.1, -0.05) is 0 Å². The van der Waals surface area contributed by atoms with Crippen LogP contribution in [0.4, 0.5) is 0 Å². The first-order valence-electron chi connectivity index (χ1n) is 8.87. The van der Waals surface area contributed by atoms with E-state index in [1.807, 2.05) is 61.1 Å². The van der Waals surface area contributed by atoms with Gasteiger partial charge in [0.2, 0.25) is 0 Å². The number of aliphatic hydroxyl groups is 1. The number of H-pyrrole nitrogens is 1. The van der Waals surface area contributed by atoms with E-state index in [-0.39, 0.29) is 0 Å². The molecule has 4 rings (SSSR count). The van der Waals surface area contributed by atoms with Gasteiger partial charge in [0.1, 0.15) is 17.7 Å². The summed E-state index contributed by atoms with van der Waals surface area (Å²) in [6.45, 7) is 3.92. The van der Waals surface area contributed by atoms with Gasteiger partial charge in [0.05, 0.1) is 18.1 Å². The normalized spacial score (nSPS) is 12.4. The molecule has 1 unspecified atom stereocenters. The van der Waals surface area contributed by atoms with Crippen LogP contribution in [0.1, 0.15) is 28.7 Å². The van der Waals surface area contributed by atoms with Crippen LogP contribution in [0.15, 0.2) is 48.9 Å². The van der Waals surface area contributed by atoms with Crippen molar-refractivity contribution in [1.82, 2.24) is 19.5 Å². The SMILES string of the molecule is COc1c(C)cnc(CC(O)c2nc3ccc(-n4cccc4)cc3[nH]2)c1C. The predicted molar refractivity (Wildman–Crippen MR) is 104 cm³/mol. The fourth-order valence-corrected chi connectivity index (χ4v) is 3.40. The summed E-state index contributed by atoms with van der Waals surface area (Å²) >= 11 is 0. The maximum Gasteiger partial charge on any atom is 0.136 e. The number of methoxy groups -OCH3 is 1. The monoisotopic (exact) mass is 362 g/mol. The Kier molecular flexibility index (Phi) is 4.41. The van der Waals surface area contributed by atoms with Crippen LogP contribution in [0.5, 0.6) is 5.75 Å². The highest BCUT2D eigenvalue weighted by molar-refractivity contribution is 5.77. The Labute approximate surface area is 157 Å². The average Bonchev–Trinajstić information content (AvgIpc) is 3.33. The summed E-state index contributed by atoms with van der Waals surface area (Å²) < 4.78 is 7.48. The minimum Gasteiger partial charge on any atom is -0.496 e. The Morgan fingerprint density at radius 1 is 1.22 bits per heavy atom. The third kappa shape index (κ3) is 3.19. The molecule has 0 amide bonds. The molecule has 0 aliphatic carbocycles. The number of ether oxygens (including phenoxy) is 1. The van der Waals surface area contributed by atoms with Crippen LogP contribution in [-0.2, 0) is 6.42 Å². The molecule has 0 saturated carbocycles. The lowest BCUT2D eigenvalue weighted by Crippen LogP contribution is -2.08. The van der Waals surface area contributed by atoms with Gasteiger partial charge in [0.15, 0.2) is 0 Å². The molecule has 0 radical (unpaired) electrons. The maximum atomic E-state index is 10.7. The number of nitrogens with one attached hydrogen (secondary N) is 1. The summed E-state index contributed by atoms with van der Waals surface area (Å²) in [4.78, 5) is 12.3. The summed E-state index contributed by atoms with van der Waals surface area (Å²) in [5.74, 6) is 1.35. The van der Waals surface area contributed by atoms with E-state index in [0.717, 1.165) is 39.3 Å². The number of rotatable bonds is 5. The summed E-state index contributed by atoms with van der Waals surface area (Å²) in [7, 11) is 1.65. The van der Waals surface area contributed by atoms with Gasteiger partial charge >= 0.3 is 0 Å². The maximum absolute atomic E-state index is 10.7. The van der Waals surface area contributed by atoms with Gasteiger partial charge < -0.3 is 19.4 Å². The van der Waals surface area contributed by atoms with E-state index < -0.39 is 6.10 Å². The van der Waals surface area contributed by atoms with Gasteiger partial charge in [-0.05, 0) is 44.2 Å². The number of aromatic amines is 1. The van der Waals surface area contributed by atoms with Crippen molar-refractivity contribution in [2.45, 2.75) is 26.4 Å². The van der Waals surface area contributed by atoms with Crippen molar-refractivity contribution in [2.24, 2.45) is 0 Å². The molecular weight excluding hydrogens is 340 g/mol. The van der Waals surface area contributed by atoms with Gasteiger partial charge in [-0.25, -0.2) is 4.98 Å². The molecule has 6 nitrogen and oxygen atoms in total. The molecule has 0 saturated heterocycles. The van der Waals surface area contributed by atoms with Crippen molar-refractivity contribution in [2.75, 3.05) is 7.11 Å². The van der Waals surface area contributed by atoms with Crippen molar-refractivity contribution in [3.8, 4) is 11.4 Å². The molecule has 1 aromatic carbocycles. The zero-order valence-electron chi connectivity index (χ0n) is 15.6. The average molecular weight is 362 g/mol. The number of aromatic nitrogens is 4. The molecule has 2 N–H and O–H groups in total. The largest absolute Gasteiger partial charge is 0.496 e. The second-order valence-electron chi connectivity index (χ2n) is 6.68. The molecule has 0 bridgehead atoms. The van der Waals surface area contributed by atoms with Gasteiger partial charge in [0, 0.05) is 47.5 Å². The van der Waals surface area contributed by atoms with Crippen LogP contribution in [0.3, 0.4) is 0 Å². The Morgan fingerprint density at radius 2 is 2.00 bits per heavy atom. The summed E-state index contributed by atoms with van der Waals surface area (Å²) in [5, 5.41) is 10.7. The fraction of sp³-hybridized carbons (Fsp3) is 0.238. The highest BCUT2D eigenvalue weighted by atomic mass is 16.5. The number of benzene rings is 1.